The van der Waals surface area contributed by atoms with Gasteiger partial charge in [0.2, 0.25) is 0 Å². The number of hydrogen-bond donors (Lipinski definition) is 1. The van der Waals surface area contributed by atoms with Crippen molar-refractivity contribution in [2.24, 2.45) is 5.41 Å². The second kappa shape index (κ2) is 3.17. The average Bonchev–Trinajstić information content (AvgIpc) is 2.15. The molecule has 0 aromatic heterocycles. The maximum Gasteiger partial charge on any atom is 0.138 e. The predicted molar refractivity (Wildman–Crippen MR) is 63.2 cm³/mol. The molecule has 2 nitrogen and oxygen atoms in total. The third-order valence-electron chi connectivity index (χ3n) is 4.07. The fourth-order valence-corrected chi connectivity index (χ4v) is 2.39. The maximum absolute atomic E-state index is 11.6. The van der Waals surface area contributed by atoms with E-state index in [1.807, 2.05) is 32.9 Å². The van der Waals surface area contributed by atoms with Crippen molar-refractivity contribution in [1.29, 1.82) is 0 Å². The Morgan fingerprint density at radius 2 is 2.06 bits per heavy atom. The topological polar surface area (TPSA) is 37.3 Å². The number of ketones is 1. The van der Waals surface area contributed by atoms with Crippen LogP contribution in [0.5, 0.6) is 0 Å². The highest BCUT2D eigenvalue weighted by Crippen LogP contribution is 2.51. The molecule has 1 aliphatic rings. The molecule has 1 aromatic carbocycles. The van der Waals surface area contributed by atoms with E-state index in [-0.39, 0.29) is 5.78 Å². The van der Waals surface area contributed by atoms with Gasteiger partial charge < -0.3 is 5.11 Å². The molecule has 1 aromatic rings. The molecule has 0 fully saturated rings. The first-order chi connectivity index (χ1) is 7.29. The van der Waals surface area contributed by atoms with E-state index in [4.69, 9.17) is 0 Å². The number of aryl methyl sites for hydroxylation is 1. The molecular weight excluding hydrogens is 200 g/mol. The van der Waals surface area contributed by atoms with E-state index < -0.39 is 11.0 Å². The van der Waals surface area contributed by atoms with Gasteiger partial charge in [-0.1, -0.05) is 23.8 Å². The van der Waals surface area contributed by atoms with Gasteiger partial charge in [-0.15, -0.1) is 0 Å². The largest absolute Gasteiger partial charge is 0.384 e. The lowest BCUT2D eigenvalue weighted by Crippen LogP contribution is -2.53. The third kappa shape index (κ3) is 1.26. The highest BCUT2D eigenvalue weighted by molar-refractivity contribution is 5.84. The molecule has 0 spiro atoms. The van der Waals surface area contributed by atoms with Crippen molar-refractivity contribution in [3.63, 3.8) is 0 Å². The Hall–Kier alpha value is -1.15. The molecule has 0 saturated heterocycles. The van der Waals surface area contributed by atoms with Crippen LogP contribution in [-0.4, -0.2) is 10.9 Å². The number of hydrogen-bond acceptors (Lipinski definition) is 2. The van der Waals surface area contributed by atoms with Gasteiger partial charge in [0.05, 0.1) is 5.41 Å². The summed E-state index contributed by atoms with van der Waals surface area (Å²) in [7, 11) is 0. The Labute approximate surface area is 96.3 Å². The highest BCUT2D eigenvalue weighted by atomic mass is 16.3. The molecule has 2 rings (SSSR count). The summed E-state index contributed by atoms with van der Waals surface area (Å²) in [6.07, 6.45) is 0.580. The summed E-state index contributed by atoms with van der Waals surface area (Å²) in [6.45, 7) is 7.22. The molecule has 16 heavy (non-hydrogen) atoms. The first-order valence-corrected chi connectivity index (χ1v) is 5.62. The van der Waals surface area contributed by atoms with E-state index in [9.17, 15) is 9.90 Å². The average molecular weight is 218 g/mol. The fraction of sp³-hybridized carbons (Fsp3) is 0.500. The summed E-state index contributed by atoms with van der Waals surface area (Å²) in [5.41, 5.74) is 1.58. The Kier molecular flexibility index (Phi) is 2.25. The van der Waals surface area contributed by atoms with Gasteiger partial charge in [0.15, 0.2) is 0 Å². The van der Waals surface area contributed by atoms with E-state index >= 15 is 0 Å². The summed E-state index contributed by atoms with van der Waals surface area (Å²) in [5.74, 6) is 0.0289. The summed E-state index contributed by atoms with van der Waals surface area (Å²) in [6, 6.07) is 6.01. The van der Waals surface area contributed by atoms with Crippen LogP contribution >= 0.6 is 0 Å². The van der Waals surface area contributed by atoms with Gasteiger partial charge in [0, 0.05) is 6.42 Å². The van der Waals surface area contributed by atoms with Crippen molar-refractivity contribution in [1.82, 2.24) is 0 Å². The van der Waals surface area contributed by atoms with Gasteiger partial charge in [-0.05, 0) is 38.8 Å². The molecule has 0 heterocycles. The zero-order valence-corrected chi connectivity index (χ0v) is 10.3. The van der Waals surface area contributed by atoms with E-state index in [2.05, 4.69) is 6.07 Å². The number of fused-ring (bicyclic) bond motifs is 1. The van der Waals surface area contributed by atoms with E-state index in [0.717, 1.165) is 11.1 Å². The first-order valence-electron chi connectivity index (χ1n) is 5.62. The van der Waals surface area contributed by atoms with Crippen molar-refractivity contribution in [2.45, 2.75) is 39.7 Å². The summed E-state index contributed by atoms with van der Waals surface area (Å²) < 4.78 is 0. The Bertz CT molecular complexity index is 460. The molecule has 0 bridgehead atoms. The predicted octanol–water partition coefficient (Wildman–Crippen LogP) is 2.35. The first kappa shape index (κ1) is 11.3. The van der Waals surface area contributed by atoms with Crippen LogP contribution in [0.25, 0.3) is 0 Å². The lowest BCUT2D eigenvalue weighted by Gasteiger charge is -2.49. The SMILES string of the molecule is CC(=O)C(C)(C)C1(O)Cc2cc(C)ccc21. The molecule has 1 N–H and O–H groups in total. The Morgan fingerprint density at radius 3 is 2.56 bits per heavy atom. The van der Waals surface area contributed by atoms with Crippen LogP contribution in [0.2, 0.25) is 0 Å². The summed E-state index contributed by atoms with van der Waals surface area (Å²) in [4.78, 5) is 11.6. The molecule has 0 aliphatic heterocycles. The minimum Gasteiger partial charge on any atom is -0.384 e. The van der Waals surface area contributed by atoms with Crippen molar-refractivity contribution in [3.8, 4) is 0 Å². The second-order valence-electron chi connectivity index (χ2n) is 5.38. The lowest BCUT2D eigenvalue weighted by molar-refractivity contribution is -0.148. The van der Waals surface area contributed by atoms with Crippen LogP contribution in [0.1, 0.15) is 37.5 Å². The zero-order valence-electron chi connectivity index (χ0n) is 10.3. The van der Waals surface area contributed by atoms with Crippen molar-refractivity contribution in [2.75, 3.05) is 0 Å². The molecule has 0 saturated carbocycles. The van der Waals surface area contributed by atoms with Crippen molar-refractivity contribution >= 4 is 5.78 Å². The van der Waals surface area contributed by atoms with Crippen LogP contribution in [0, 0.1) is 12.3 Å². The van der Waals surface area contributed by atoms with Gasteiger partial charge in [-0.25, -0.2) is 0 Å². The van der Waals surface area contributed by atoms with Crippen LogP contribution in [0.15, 0.2) is 18.2 Å². The molecule has 2 heteroatoms. The van der Waals surface area contributed by atoms with Gasteiger partial charge in [-0.2, -0.15) is 0 Å². The standard InChI is InChI=1S/C14H18O2/c1-9-5-6-12-11(7-9)8-14(12,16)13(3,4)10(2)15/h5-7,16H,8H2,1-4H3. The Balaban J connectivity index is 2.46. The molecule has 1 aliphatic carbocycles. The molecule has 0 radical (unpaired) electrons. The molecule has 1 atom stereocenters. The van der Waals surface area contributed by atoms with Gasteiger partial charge in [0.25, 0.3) is 0 Å². The van der Waals surface area contributed by atoms with Gasteiger partial charge in [0.1, 0.15) is 11.4 Å². The molecule has 86 valence electrons. The van der Waals surface area contributed by atoms with Crippen LogP contribution in [0.4, 0.5) is 0 Å². The van der Waals surface area contributed by atoms with Gasteiger partial charge in [-0.3, -0.25) is 4.79 Å². The van der Waals surface area contributed by atoms with E-state index in [1.165, 1.54) is 5.56 Å². The fourth-order valence-electron chi connectivity index (χ4n) is 2.39. The van der Waals surface area contributed by atoms with Gasteiger partial charge >= 0.3 is 0 Å². The van der Waals surface area contributed by atoms with Crippen LogP contribution in [-0.2, 0) is 16.8 Å². The minimum absolute atomic E-state index is 0.0289. The number of Topliss-reactive ketones (excluding diaryl/α,β-unsaturated/α-hetero) is 1. The van der Waals surface area contributed by atoms with E-state index in [1.54, 1.807) is 6.92 Å². The highest BCUT2D eigenvalue weighted by Gasteiger charge is 2.54. The molecule has 0 amide bonds. The summed E-state index contributed by atoms with van der Waals surface area (Å²) in [5, 5.41) is 10.6. The number of carbonyl (C=O) groups excluding carboxylic acids is 1. The monoisotopic (exact) mass is 218 g/mol. The quantitative estimate of drug-likeness (QED) is 0.827. The lowest BCUT2D eigenvalue weighted by atomic mass is 9.58. The van der Waals surface area contributed by atoms with Crippen LogP contribution in [0.3, 0.4) is 0 Å². The number of aliphatic hydroxyl groups is 1. The third-order valence-corrected chi connectivity index (χ3v) is 4.07. The smallest absolute Gasteiger partial charge is 0.138 e. The zero-order chi connectivity index (χ0) is 12.1. The number of carbonyl (C=O) groups is 1. The van der Waals surface area contributed by atoms with Crippen molar-refractivity contribution in [3.05, 3.63) is 34.9 Å². The van der Waals surface area contributed by atoms with Crippen molar-refractivity contribution < 1.29 is 9.90 Å². The normalized spacial score (nSPS) is 23.6. The molecule has 1 unspecified atom stereocenters. The summed E-state index contributed by atoms with van der Waals surface area (Å²) >= 11 is 0. The minimum atomic E-state index is -0.984. The second-order valence-corrected chi connectivity index (χ2v) is 5.38. The molecular formula is C14H18O2. The maximum atomic E-state index is 11.6. The van der Waals surface area contributed by atoms with Crippen LogP contribution < -0.4 is 0 Å². The number of benzene rings is 1. The Morgan fingerprint density at radius 1 is 1.44 bits per heavy atom. The van der Waals surface area contributed by atoms with E-state index in [0.29, 0.717) is 6.42 Å². The number of rotatable bonds is 2.